The van der Waals surface area contributed by atoms with E-state index >= 15 is 0 Å². The average molecular weight is 400 g/mol. The molecule has 0 spiro atoms. The van der Waals surface area contributed by atoms with Gasteiger partial charge in [0, 0.05) is 37.3 Å². The summed E-state index contributed by atoms with van der Waals surface area (Å²) in [5, 5.41) is 18.3. The Kier molecular flexibility index (Phi) is 6.33. The molecule has 0 bridgehead atoms. The number of ether oxygens (including phenoxy) is 1. The molecule has 1 amide bonds. The zero-order valence-corrected chi connectivity index (χ0v) is 16.3. The molecule has 0 aliphatic heterocycles. The van der Waals surface area contributed by atoms with Gasteiger partial charge >= 0.3 is 5.97 Å². The van der Waals surface area contributed by atoms with Crippen molar-refractivity contribution in [1.29, 1.82) is 0 Å². The maximum Gasteiger partial charge on any atom is 0.330 e. The number of thiophene rings is 1. The number of carbonyl (C=O) groups is 2. The molecule has 2 aromatic heterocycles. The van der Waals surface area contributed by atoms with Gasteiger partial charge in [-0.25, -0.2) is 4.79 Å². The van der Waals surface area contributed by atoms with Crippen LogP contribution < -0.4 is 10.2 Å². The molecule has 0 unspecified atom stereocenters. The van der Waals surface area contributed by atoms with Gasteiger partial charge in [0.25, 0.3) is 5.91 Å². The molecule has 28 heavy (non-hydrogen) atoms. The van der Waals surface area contributed by atoms with Gasteiger partial charge in [-0.1, -0.05) is 12.1 Å². The Bertz CT molecular complexity index is 921. The van der Waals surface area contributed by atoms with E-state index in [1.807, 2.05) is 60.1 Å². The summed E-state index contributed by atoms with van der Waals surface area (Å²) in [6.07, 6.45) is 0. The normalized spacial score (nSPS) is 10.5. The Morgan fingerprint density at radius 1 is 1.21 bits per heavy atom. The number of nitrogens with one attached hydrogen (secondary N) is 1. The van der Waals surface area contributed by atoms with Crippen molar-refractivity contribution in [2.24, 2.45) is 0 Å². The van der Waals surface area contributed by atoms with Crippen molar-refractivity contribution in [3.63, 3.8) is 0 Å². The Morgan fingerprint density at radius 3 is 2.68 bits per heavy atom. The highest BCUT2D eigenvalue weighted by atomic mass is 32.1. The van der Waals surface area contributed by atoms with Gasteiger partial charge < -0.3 is 15.0 Å². The number of hydrogen-bond acceptors (Lipinski definition) is 8. The molecule has 9 nitrogen and oxygen atoms in total. The number of anilines is 1. The van der Waals surface area contributed by atoms with Crippen molar-refractivity contribution in [3.8, 4) is 11.4 Å². The number of tetrazole rings is 1. The highest BCUT2D eigenvalue weighted by molar-refractivity contribution is 7.08. The van der Waals surface area contributed by atoms with Crippen LogP contribution in [0.4, 0.5) is 5.69 Å². The van der Waals surface area contributed by atoms with Crippen LogP contribution in [0.15, 0.2) is 41.1 Å². The van der Waals surface area contributed by atoms with E-state index in [-0.39, 0.29) is 19.1 Å². The molecule has 0 aliphatic rings. The van der Waals surface area contributed by atoms with Crippen LogP contribution >= 0.6 is 11.3 Å². The molecule has 0 saturated carbocycles. The first-order valence-corrected chi connectivity index (χ1v) is 9.44. The SMILES string of the molecule is CN(C)c1ccc(CNC(=O)COC(=O)Cn2nnc(-c3ccsc3)n2)cc1. The molecule has 1 aromatic carbocycles. The summed E-state index contributed by atoms with van der Waals surface area (Å²) in [6.45, 7) is -0.212. The Balaban J connectivity index is 1.40. The van der Waals surface area contributed by atoms with E-state index in [4.69, 9.17) is 4.74 Å². The molecular weight excluding hydrogens is 380 g/mol. The second kappa shape index (κ2) is 9.09. The van der Waals surface area contributed by atoms with Gasteiger partial charge in [-0.2, -0.15) is 16.1 Å². The van der Waals surface area contributed by atoms with Gasteiger partial charge in [-0.15, -0.1) is 10.2 Å². The van der Waals surface area contributed by atoms with Crippen molar-refractivity contribution < 1.29 is 14.3 Å². The van der Waals surface area contributed by atoms with E-state index in [0.717, 1.165) is 21.6 Å². The third kappa shape index (κ3) is 5.36. The third-order valence-corrected chi connectivity index (χ3v) is 4.49. The number of hydrogen-bond donors (Lipinski definition) is 1. The van der Waals surface area contributed by atoms with Crippen LogP contribution in [0.3, 0.4) is 0 Å². The standard InChI is InChI=1S/C18H20N6O3S/c1-23(2)15-5-3-13(4-6-15)9-19-16(25)11-27-17(26)10-24-21-18(20-22-24)14-7-8-28-12-14/h3-8,12H,9-11H2,1-2H3,(H,19,25). The molecular formula is C18H20N6O3S. The molecule has 0 radical (unpaired) electrons. The summed E-state index contributed by atoms with van der Waals surface area (Å²) >= 11 is 1.52. The summed E-state index contributed by atoms with van der Waals surface area (Å²) < 4.78 is 4.96. The van der Waals surface area contributed by atoms with E-state index < -0.39 is 5.97 Å². The fourth-order valence-electron chi connectivity index (χ4n) is 2.29. The highest BCUT2D eigenvalue weighted by Crippen LogP contribution is 2.16. The predicted molar refractivity (Wildman–Crippen MR) is 105 cm³/mol. The molecule has 0 saturated heterocycles. The Labute approximate surface area is 165 Å². The fraction of sp³-hybridized carbons (Fsp3) is 0.278. The first-order valence-electron chi connectivity index (χ1n) is 8.50. The van der Waals surface area contributed by atoms with Crippen LogP contribution in [-0.4, -0.2) is 52.8 Å². The van der Waals surface area contributed by atoms with Crippen LogP contribution in [0.1, 0.15) is 5.56 Å². The van der Waals surface area contributed by atoms with E-state index in [0.29, 0.717) is 12.4 Å². The minimum Gasteiger partial charge on any atom is -0.454 e. The first-order chi connectivity index (χ1) is 13.5. The minimum absolute atomic E-state index is 0.212. The molecule has 0 atom stereocenters. The maximum absolute atomic E-state index is 11.9. The van der Waals surface area contributed by atoms with Gasteiger partial charge in [-0.05, 0) is 34.4 Å². The number of rotatable bonds is 8. The van der Waals surface area contributed by atoms with Crippen LogP contribution in [0.25, 0.3) is 11.4 Å². The van der Waals surface area contributed by atoms with Crippen molar-refractivity contribution in [2.45, 2.75) is 13.1 Å². The van der Waals surface area contributed by atoms with Crippen molar-refractivity contribution in [1.82, 2.24) is 25.5 Å². The summed E-state index contributed by atoms with van der Waals surface area (Å²) in [6, 6.07) is 9.67. The van der Waals surface area contributed by atoms with Crippen LogP contribution in [-0.2, 0) is 27.4 Å². The van der Waals surface area contributed by atoms with E-state index in [2.05, 4.69) is 20.7 Å². The first kappa shape index (κ1) is 19.5. The zero-order valence-electron chi connectivity index (χ0n) is 15.5. The summed E-state index contributed by atoms with van der Waals surface area (Å²) in [7, 11) is 3.92. The van der Waals surface area contributed by atoms with Gasteiger partial charge in [0.1, 0.15) is 0 Å². The smallest absolute Gasteiger partial charge is 0.330 e. The highest BCUT2D eigenvalue weighted by Gasteiger charge is 2.12. The van der Waals surface area contributed by atoms with Crippen molar-refractivity contribution in [2.75, 3.05) is 25.6 Å². The van der Waals surface area contributed by atoms with Crippen LogP contribution in [0, 0.1) is 0 Å². The molecule has 0 fully saturated rings. The predicted octanol–water partition coefficient (Wildman–Crippen LogP) is 1.33. The van der Waals surface area contributed by atoms with E-state index in [1.54, 1.807) is 0 Å². The number of carbonyl (C=O) groups excluding carboxylic acids is 2. The van der Waals surface area contributed by atoms with E-state index in [1.165, 1.54) is 11.3 Å². The molecule has 0 aliphatic carbocycles. The molecule has 3 rings (SSSR count). The molecule has 1 N–H and O–H groups in total. The minimum atomic E-state index is -0.611. The maximum atomic E-state index is 11.9. The second-order valence-corrected chi connectivity index (χ2v) is 6.93. The monoisotopic (exact) mass is 400 g/mol. The number of aromatic nitrogens is 4. The van der Waals surface area contributed by atoms with Gasteiger partial charge in [0.05, 0.1) is 0 Å². The lowest BCUT2D eigenvalue weighted by Crippen LogP contribution is -2.29. The summed E-state index contributed by atoms with van der Waals surface area (Å²) in [5.74, 6) is -0.553. The van der Waals surface area contributed by atoms with Crippen LogP contribution in [0.5, 0.6) is 0 Å². The van der Waals surface area contributed by atoms with Crippen LogP contribution in [0.2, 0.25) is 0 Å². The number of benzene rings is 1. The number of amides is 1. The van der Waals surface area contributed by atoms with Crippen molar-refractivity contribution in [3.05, 3.63) is 46.7 Å². The van der Waals surface area contributed by atoms with Crippen molar-refractivity contribution >= 4 is 28.9 Å². The lowest BCUT2D eigenvalue weighted by Gasteiger charge is -2.13. The lowest BCUT2D eigenvalue weighted by molar-refractivity contribution is -0.149. The van der Waals surface area contributed by atoms with Gasteiger partial charge in [0.2, 0.25) is 5.82 Å². The second-order valence-electron chi connectivity index (χ2n) is 6.15. The average Bonchev–Trinajstić information content (AvgIpc) is 3.36. The summed E-state index contributed by atoms with van der Waals surface area (Å²) in [5.41, 5.74) is 2.87. The number of nitrogens with zero attached hydrogens (tertiary/aromatic N) is 5. The Morgan fingerprint density at radius 2 is 2.00 bits per heavy atom. The van der Waals surface area contributed by atoms with Gasteiger partial charge in [-0.3, -0.25) is 4.79 Å². The quantitative estimate of drug-likeness (QED) is 0.569. The summed E-state index contributed by atoms with van der Waals surface area (Å²) in [4.78, 5) is 26.9. The largest absolute Gasteiger partial charge is 0.454 e. The molecule has 3 aromatic rings. The topological polar surface area (TPSA) is 102 Å². The molecule has 2 heterocycles. The molecule has 10 heteroatoms. The zero-order chi connectivity index (χ0) is 19.9. The number of esters is 1. The third-order valence-electron chi connectivity index (χ3n) is 3.81. The fourth-order valence-corrected chi connectivity index (χ4v) is 2.92. The van der Waals surface area contributed by atoms with E-state index in [9.17, 15) is 9.59 Å². The lowest BCUT2D eigenvalue weighted by atomic mass is 10.2. The molecule has 146 valence electrons. The Hall–Kier alpha value is -3.27. The van der Waals surface area contributed by atoms with Gasteiger partial charge in [0.15, 0.2) is 13.2 Å².